The minimum absolute atomic E-state index is 0.0749. The van der Waals surface area contributed by atoms with E-state index in [1.807, 2.05) is 43.4 Å². The fraction of sp³-hybridized carbons (Fsp3) is 0.450. The van der Waals surface area contributed by atoms with Gasteiger partial charge in [-0.3, -0.25) is 0 Å². The number of hydroxylamine groups is 1. The summed E-state index contributed by atoms with van der Waals surface area (Å²) < 4.78 is 23.4. The predicted octanol–water partition coefficient (Wildman–Crippen LogP) is 0.442. The second-order valence-electron chi connectivity index (χ2n) is 7.54. The molecule has 0 unspecified atom stereocenters. The number of carbonyl (C=O) groups is 1. The molecule has 0 fully saturated rings. The Kier molecular flexibility index (Phi) is 9.05. The number of amides is 1. The fourth-order valence-electron chi connectivity index (χ4n) is 2.61. The topological polar surface area (TPSA) is 91.6 Å². The third-order valence-corrected chi connectivity index (χ3v) is 7.56. The van der Waals surface area contributed by atoms with Crippen molar-refractivity contribution >= 4 is 53.1 Å². The van der Waals surface area contributed by atoms with Crippen LogP contribution in [0.4, 0.5) is 4.39 Å². The summed E-state index contributed by atoms with van der Waals surface area (Å²) >= 11 is 0.834. The van der Waals surface area contributed by atoms with Crippen molar-refractivity contribution in [3.8, 4) is 0 Å². The molecule has 0 saturated heterocycles. The van der Waals surface area contributed by atoms with E-state index in [0.717, 1.165) is 8.14 Å². The van der Waals surface area contributed by atoms with E-state index in [1.165, 1.54) is 17.7 Å². The zero-order chi connectivity index (χ0) is 23.3. The van der Waals surface area contributed by atoms with Crippen LogP contribution in [0.15, 0.2) is 27.8 Å². The average Bonchev–Trinajstić information content (AvgIpc) is 2.67. The Morgan fingerprint density at radius 3 is 2.52 bits per heavy atom. The van der Waals surface area contributed by atoms with Crippen LogP contribution in [0.5, 0.6) is 0 Å². The summed E-state index contributed by atoms with van der Waals surface area (Å²) in [5.74, 6) is -1.23. The first-order valence-electron chi connectivity index (χ1n) is 9.53. The summed E-state index contributed by atoms with van der Waals surface area (Å²) in [7, 11) is 1.47. The first-order valence-corrected chi connectivity index (χ1v) is 12.5. The van der Waals surface area contributed by atoms with Crippen LogP contribution < -0.4 is 25.6 Å². The summed E-state index contributed by atoms with van der Waals surface area (Å²) in [6.45, 7) is 7.72. The number of rotatable bonds is 8. The van der Waals surface area contributed by atoms with Gasteiger partial charge in [0.05, 0.1) is 0 Å². The van der Waals surface area contributed by atoms with Crippen molar-refractivity contribution in [3.63, 3.8) is 0 Å². The molecule has 8 nitrogen and oxygen atoms in total. The van der Waals surface area contributed by atoms with Crippen LogP contribution in [0.2, 0.25) is 0 Å². The molecule has 11 heteroatoms. The van der Waals surface area contributed by atoms with E-state index in [4.69, 9.17) is 9.57 Å². The molecule has 1 amide bonds. The van der Waals surface area contributed by atoms with Gasteiger partial charge in [0.1, 0.15) is 0 Å². The van der Waals surface area contributed by atoms with Gasteiger partial charge < -0.3 is 0 Å². The summed E-state index contributed by atoms with van der Waals surface area (Å²) in [6, 6.07) is 4.71. The molecule has 1 aromatic carbocycles. The van der Waals surface area contributed by atoms with Gasteiger partial charge in [-0.15, -0.1) is 0 Å². The molecule has 0 atom stereocenters. The molecule has 0 bridgehead atoms. The van der Waals surface area contributed by atoms with Crippen LogP contribution in [0.1, 0.15) is 38.1 Å². The van der Waals surface area contributed by atoms with Crippen LogP contribution in [0.25, 0.3) is 0 Å². The van der Waals surface area contributed by atoms with Crippen LogP contribution in [0, 0.1) is 9.39 Å². The number of hydrogen-bond donors (Lipinski definition) is 1. The number of nitrogens with one attached hydrogen (secondary N) is 1. The van der Waals surface area contributed by atoms with Gasteiger partial charge in [-0.05, 0) is 0 Å². The SMILES string of the molecule is CCn1c(=O)c(C(=O)NOCCOC(C)(C)C)c([As]c2ccc(I)cc2F)n(C)c1=O. The molecule has 0 saturated carbocycles. The van der Waals surface area contributed by atoms with Crippen LogP contribution in [0.3, 0.4) is 0 Å². The molecule has 1 N–H and O–H groups in total. The molecule has 0 spiro atoms. The second kappa shape index (κ2) is 10.9. The quantitative estimate of drug-likeness (QED) is 0.204. The molecular formula is C20H25AsFIN3O5. The number of benzene rings is 1. The van der Waals surface area contributed by atoms with E-state index < -0.39 is 38.7 Å². The van der Waals surface area contributed by atoms with Gasteiger partial charge in [-0.25, -0.2) is 0 Å². The van der Waals surface area contributed by atoms with Crippen LogP contribution in [-0.2, 0) is 23.2 Å². The monoisotopic (exact) mass is 608 g/mol. The van der Waals surface area contributed by atoms with Gasteiger partial charge in [0, 0.05) is 0 Å². The molecule has 1 heterocycles. The molecule has 0 aliphatic heterocycles. The first-order chi connectivity index (χ1) is 14.5. The van der Waals surface area contributed by atoms with E-state index in [9.17, 15) is 18.8 Å². The minimum atomic E-state index is -1.16. The van der Waals surface area contributed by atoms with E-state index in [0.29, 0.717) is 4.35 Å². The molecule has 169 valence electrons. The van der Waals surface area contributed by atoms with Gasteiger partial charge in [0.25, 0.3) is 0 Å². The Labute approximate surface area is 199 Å². The Hall–Kier alpha value is -1.49. The maximum absolute atomic E-state index is 14.4. The van der Waals surface area contributed by atoms with Crippen molar-refractivity contribution in [2.75, 3.05) is 13.2 Å². The first kappa shape index (κ1) is 25.8. The van der Waals surface area contributed by atoms with Crippen LogP contribution >= 0.6 is 22.6 Å². The van der Waals surface area contributed by atoms with E-state index >= 15 is 0 Å². The number of ether oxygens (including phenoxy) is 1. The average molecular weight is 608 g/mol. The van der Waals surface area contributed by atoms with Gasteiger partial charge in [-0.1, -0.05) is 0 Å². The summed E-state index contributed by atoms with van der Waals surface area (Å²) in [6.07, 6.45) is 0. The molecule has 31 heavy (non-hydrogen) atoms. The number of aromatic nitrogens is 2. The van der Waals surface area contributed by atoms with Crippen molar-refractivity contribution in [1.29, 1.82) is 0 Å². The summed E-state index contributed by atoms with van der Waals surface area (Å²) in [5.41, 5.74) is 0.386. The molecule has 0 aliphatic rings. The van der Waals surface area contributed by atoms with Crippen molar-refractivity contribution in [1.82, 2.24) is 14.6 Å². The molecule has 2 rings (SSSR count). The van der Waals surface area contributed by atoms with Crippen molar-refractivity contribution in [2.24, 2.45) is 7.05 Å². The maximum atomic E-state index is 14.4. The third kappa shape index (κ3) is 6.74. The molecular weight excluding hydrogens is 583 g/mol. The van der Waals surface area contributed by atoms with Crippen molar-refractivity contribution < 1.29 is 18.8 Å². The van der Waals surface area contributed by atoms with E-state index in [1.54, 1.807) is 19.1 Å². The van der Waals surface area contributed by atoms with Gasteiger partial charge >= 0.3 is 201 Å². The van der Waals surface area contributed by atoms with Gasteiger partial charge in [0.15, 0.2) is 0 Å². The second-order valence-corrected chi connectivity index (χ2v) is 11.2. The summed E-state index contributed by atoms with van der Waals surface area (Å²) in [4.78, 5) is 43.5. The number of carbonyl (C=O) groups excluding carboxylic acids is 1. The van der Waals surface area contributed by atoms with E-state index in [-0.39, 0.29) is 35.4 Å². The third-order valence-electron chi connectivity index (χ3n) is 4.08. The summed E-state index contributed by atoms with van der Waals surface area (Å²) in [5, 5.41) is 0. The van der Waals surface area contributed by atoms with Crippen molar-refractivity contribution in [3.05, 3.63) is 54.0 Å². The number of hydrogen-bond acceptors (Lipinski definition) is 5. The van der Waals surface area contributed by atoms with E-state index in [2.05, 4.69) is 5.48 Å². The van der Waals surface area contributed by atoms with Crippen molar-refractivity contribution in [2.45, 2.75) is 39.8 Å². The zero-order valence-electron chi connectivity index (χ0n) is 18.0. The Morgan fingerprint density at radius 1 is 1.26 bits per heavy atom. The van der Waals surface area contributed by atoms with Gasteiger partial charge in [0.2, 0.25) is 0 Å². The molecule has 2 aromatic rings. The fourth-order valence-corrected chi connectivity index (χ4v) is 5.36. The molecule has 1 radical (unpaired) electrons. The Bertz CT molecular complexity index is 1080. The molecule has 1 aromatic heterocycles. The number of halogens is 2. The Morgan fingerprint density at radius 2 is 1.94 bits per heavy atom. The molecule has 0 aliphatic carbocycles. The predicted molar refractivity (Wildman–Crippen MR) is 125 cm³/mol. The van der Waals surface area contributed by atoms with Gasteiger partial charge in [-0.2, -0.15) is 0 Å². The number of nitrogens with zero attached hydrogens (tertiary/aromatic N) is 2. The Balaban J connectivity index is 2.38. The normalized spacial score (nSPS) is 12.0. The standard InChI is InChI=1S/C20H25AsFIN3O5/c1-6-26-18(28)15(17(27)24-31-10-9-30-20(2,3)4)16(25(5)19(26)29)21-13-8-7-12(23)11-14(13)22/h7-8,11H,6,9-10H2,1-5H3,(H,24,27). The zero-order valence-corrected chi connectivity index (χ0v) is 22.0. The van der Waals surface area contributed by atoms with Crippen LogP contribution in [-0.4, -0.2) is 49.6 Å².